The number of carbonyl (C=O) groups excluding carboxylic acids is 1. The number of fused-ring (bicyclic) bond motifs is 1. The first kappa shape index (κ1) is 9.64. The van der Waals surface area contributed by atoms with Gasteiger partial charge in [0.2, 0.25) is 5.91 Å². The van der Waals surface area contributed by atoms with Crippen LogP contribution in [-0.4, -0.2) is 19.1 Å². The lowest BCUT2D eigenvalue weighted by Crippen LogP contribution is -2.18. The molecule has 0 atom stereocenters. The van der Waals surface area contributed by atoms with Crippen molar-refractivity contribution in [3.8, 4) is 11.5 Å². The van der Waals surface area contributed by atoms with Crippen LogP contribution in [-0.2, 0) is 4.79 Å². The standard InChI is InChI=1S/C10H12N2O3/c1-6(13)12-8-3-2-7(11)9-10(8)15-5-4-14-9/h2-3H,4-5,11H2,1H3,(H,12,13). The lowest BCUT2D eigenvalue weighted by molar-refractivity contribution is -0.114. The van der Waals surface area contributed by atoms with Gasteiger partial charge in [-0.2, -0.15) is 0 Å². The molecule has 1 aromatic carbocycles. The second-order valence-electron chi connectivity index (χ2n) is 3.24. The van der Waals surface area contributed by atoms with E-state index in [4.69, 9.17) is 15.2 Å². The van der Waals surface area contributed by atoms with E-state index < -0.39 is 0 Å². The van der Waals surface area contributed by atoms with Crippen molar-refractivity contribution in [3.63, 3.8) is 0 Å². The largest absolute Gasteiger partial charge is 0.484 e. The van der Waals surface area contributed by atoms with Crippen LogP contribution in [0.25, 0.3) is 0 Å². The van der Waals surface area contributed by atoms with E-state index in [9.17, 15) is 4.79 Å². The fraction of sp³-hybridized carbons (Fsp3) is 0.300. The number of benzene rings is 1. The second kappa shape index (κ2) is 3.68. The molecule has 80 valence electrons. The Labute approximate surface area is 87.2 Å². The van der Waals surface area contributed by atoms with Gasteiger partial charge in [0.25, 0.3) is 0 Å². The van der Waals surface area contributed by atoms with E-state index in [1.54, 1.807) is 12.1 Å². The molecule has 1 aliphatic rings. The summed E-state index contributed by atoms with van der Waals surface area (Å²) < 4.78 is 10.8. The Morgan fingerprint density at radius 2 is 2.00 bits per heavy atom. The van der Waals surface area contributed by atoms with Gasteiger partial charge < -0.3 is 20.5 Å². The van der Waals surface area contributed by atoms with Gasteiger partial charge in [-0.15, -0.1) is 0 Å². The summed E-state index contributed by atoms with van der Waals surface area (Å²) in [5, 5.41) is 2.66. The maximum Gasteiger partial charge on any atom is 0.221 e. The highest BCUT2D eigenvalue weighted by Crippen LogP contribution is 2.41. The van der Waals surface area contributed by atoms with Crippen molar-refractivity contribution in [2.75, 3.05) is 24.3 Å². The normalized spacial score (nSPS) is 13.4. The van der Waals surface area contributed by atoms with E-state index in [1.165, 1.54) is 6.92 Å². The summed E-state index contributed by atoms with van der Waals surface area (Å²) in [6, 6.07) is 3.38. The number of nitrogens with one attached hydrogen (secondary N) is 1. The SMILES string of the molecule is CC(=O)Nc1ccc(N)c2c1OCCO2. The summed E-state index contributed by atoms with van der Waals surface area (Å²) in [5.41, 5.74) is 6.83. The van der Waals surface area contributed by atoms with Gasteiger partial charge in [0.15, 0.2) is 11.5 Å². The van der Waals surface area contributed by atoms with Crippen molar-refractivity contribution < 1.29 is 14.3 Å². The van der Waals surface area contributed by atoms with Crippen LogP contribution >= 0.6 is 0 Å². The average molecular weight is 208 g/mol. The molecular weight excluding hydrogens is 196 g/mol. The van der Waals surface area contributed by atoms with Crippen LogP contribution < -0.4 is 20.5 Å². The van der Waals surface area contributed by atoms with Crippen LogP contribution in [0.15, 0.2) is 12.1 Å². The molecule has 1 aromatic rings. The molecule has 1 heterocycles. The summed E-state index contributed by atoms with van der Waals surface area (Å²) in [6.07, 6.45) is 0. The highest BCUT2D eigenvalue weighted by molar-refractivity contribution is 5.92. The number of nitrogens with two attached hydrogens (primary N) is 1. The molecule has 1 amide bonds. The Bertz CT molecular complexity index is 404. The minimum Gasteiger partial charge on any atom is -0.484 e. The number of hydrogen-bond donors (Lipinski definition) is 2. The molecule has 0 radical (unpaired) electrons. The van der Waals surface area contributed by atoms with Crippen LogP contribution in [0.4, 0.5) is 11.4 Å². The van der Waals surface area contributed by atoms with E-state index in [0.717, 1.165) is 0 Å². The van der Waals surface area contributed by atoms with E-state index >= 15 is 0 Å². The van der Waals surface area contributed by atoms with Crippen molar-refractivity contribution in [1.82, 2.24) is 0 Å². The van der Waals surface area contributed by atoms with Crippen molar-refractivity contribution in [3.05, 3.63) is 12.1 Å². The topological polar surface area (TPSA) is 73.6 Å². The average Bonchev–Trinajstić information content (AvgIpc) is 2.22. The van der Waals surface area contributed by atoms with Crippen LogP contribution in [0.3, 0.4) is 0 Å². The molecule has 0 fully saturated rings. The number of rotatable bonds is 1. The minimum atomic E-state index is -0.156. The molecule has 2 rings (SSSR count). The summed E-state index contributed by atoms with van der Waals surface area (Å²) in [6.45, 7) is 2.37. The van der Waals surface area contributed by atoms with Crippen LogP contribution in [0, 0.1) is 0 Å². The third kappa shape index (κ3) is 1.81. The van der Waals surface area contributed by atoms with Crippen molar-refractivity contribution in [2.24, 2.45) is 0 Å². The minimum absolute atomic E-state index is 0.156. The third-order valence-electron chi connectivity index (χ3n) is 2.03. The lowest BCUT2D eigenvalue weighted by Gasteiger charge is -2.22. The number of amides is 1. The number of nitrogen functional groups attached to an aromatic ring is 1. The van der Waals surface area contributed by atoms with Crippen molar-refractivity contribution >= 4 is 17.3 Å². The zero-order chi connectivity index (χ0) is 10.8. The molecule has 3 N–H and O–H groups in total. The Morgan fingerprint density at radius 3 is 2.67 bits per heavy atom. The van der Waals surface area contributed by atoms with Gasteiger partial charge in [0, 0.05) is 6.92 Å². The lowest BCUT2D eigenvalue weighted by atomic mass is 10.2. The monoisotopic (exact) mass is 208 g/mol. The molecule has 0 bridgehead atoms. The molecule has 0 saturated heterocycles. The molecule has 1 aliphatic heterocycles. The zero-order valence-electron chi connectivity index (χ0n) is 8.37. The van der Waals surface area contributed by atoms with Gasteiger partial charge in [-0.3, -0.25) is 4.79 Å². The zero-order valence-corrected chi connectivity index (χ0v) is 8.37. The van der Waals surface area contributed by atoms with Crippen LogP contribution in [0.1, 0.15) is 6.92 Å². The van der Waals surface area contributed by atoms with Crippen LogP contribution in [0.5, 0.6) is 11.5 Å². The Balaban J connectivity index is 2.43. The first-order valence-corrected chi connectivity index (χ1v) is 4.64. The molecule has 0 aliphatic carbocycles. The van der Waals surface area contributed by atoms with Crippen molar-refractivity contribution in [1.29, 1.82) is 0 Å². The third-order valence-corrected chi connectivity index (χ3v) is 2.03. The summed E-state index contributed by atoms with van der Waals surface area (Å²) in [7, 11) is 0. The first-order chi connectivity index (χ1) is 7.18. The predicted molar refractivity (Wildman–Crippen MR) is 56.1 cm³/mol. The fourth-order valence-electron chi connectivity index (χ4n) is 1.45. The molecule has 5 nitrogen and oxygen atoms in total. The highest BCUT2D eigenvalue weighted by Gasteiger charge is 2.19. The Morgan fingerprint density at radius 1 is 1.33 bits per heavy atom. The van der Waals surface area contributed by atoms with E-state index in [-0.39, 0.29) is 5.91 Å². The molecule has 0 unspecified atom stereocenters. The smallest absolute Gasteiger partial charge is 0.221 e. The molecule has 0 aromatic heterocycles. The maximum absolute atomic E-state index is 10.9. The van der Waals surface area contributed by atoms with Gasteiger partial charge in [-0.05, 0) is 12.1 Å². The summed E-state index contributed by atoms with van der Waals surface area (Å²) in [4.78, 5) is 10.9. The maximum atomic E-state index is 10.9. The number of anilines is 2. The molecule has 15 heavy (non-hydrogen) atoms. The second-order valence-corrected chi connectivity index (χ2v) is 3.24. The molecular formula is C10H12N2O3. The summed E-state index contributed by atoms with van der Waals surface area (Å²) >= 11 is 0. The molecule has 0 saturated carbocycles. The fourth-order valence-corrected chi connectivity index (χ4v) is 1.45. The predicted octanol–water partition coefficient (Wildman–Crippen LogP) is 0.998. The highest BCUT2D eigenvalue weighted by atomic mass is 16.6. The van der Waals surface area contributed by atoms with Crippen LogP contribution in [0.2, 0.25) is 0 Å². The van der Waals surface area contributed by atoms with Gasteiger partial charge in [0.1, 0.15) is 13.2 Å². The van der Waals surface area contributed by atoms with Gasteiger partial charge in [0.05, 0.1) is 11.4 Å². The van der Waals surface area contributed by atoms with Gasteiger partial charge >= 0.3 is 0 Å². The number of ether oxygens (including phenoxy) is 2. The number of carbonyl (C=O) groups is 1. The van der Waals surface area contributed by atoms with E-state index in [2.05, 4.69) is 5.32 Å². The summed E-state index contributed by atoms with van der Waals surface area (Å²) in [5.74, 6) is 0.861. The van der Waals surface area contributed by atoms with Gasteiger partial charge in [-0.1, -0.05) is 0 Å². The van der Waals surface area contributed by atoms with E-state index in [0.29, 0.717) is 36.1 Å². The Kier molecular flexibility index (Phi) is 2.37. The van der Waals surface area contributed by atoms with Crippen molar-refractivity contribution in [2.45, 2.75) is 6.92 Å². The van der Waals surface area contributed by atoms with Gasteiger partial charge in [-0.25, -0.2) is 0 Å². The first-order valence-electron chi connectivity index (χ1n) is 4.64. The van der Waals surface area contributed by atoms with E-state index in [1.807, 2.05) is 0 Å². The molecule has 5 heteroatoms. The number of hydrogen-bond acceptors (Lipinski definition) is 4. The quantitative estimate of drug-likeness (QED) is 0.675. The molecule has 0 spiro atoms. The Hall–Kier alpha value is -1.91.